The van der Waals surface area contributed by atoms with E-state index >= 15 is 0 Å². The average molecular weight is 368 g/mol. The maximum absolute atomic E-state index is 10.3. The quantitative estimate of drug-likeness (QED) is 0.415. The lowest BCUT2D eigenvalue weighted by molar-refractivity contribution is -0.141. The highest BCUT2D eigenvalue weighted by molar-refractivity contribution is 8.13. The Hall–Kier alpha value is -1.48. The van der Waals surface area contributed by atoms with Gasteiger partial charge in [0.1, 0.15) is 0 Å². The predicted octanol–water partition coefficient (Wildman–Crippen LogP) is 2.27. The second-order valence-electron chi connectivity index (χ2n) is 4.55. The Bertz CT molecular complexity index is 409. The first-order valence-corrected chi connectivity index (χ1v) is 8.07. The van der Waals surface area contributed by atoms with Crippen LogP contribution in [0.3, 0.4) is 0 Å². The number of carboxylic acids is 3. The van der Waals surface area contributed by atoms with Crippen LogP contribution in [0.15, 0.2) is 12.2 Å². The second-order valence-corrected chi connectivity index (χ2v) is 6.11. The van der Waals surface area contributed by atoms with Gasteiger partial charge in [-0.2, -0.15) is 12.6 Å². The van der Waals surface area contributed by atoms with Crippen LogP contribution in [-0.2, 0) is 19.2 Å². The Balaban J connectivity index is -0.000000272. The Labute approximate surface area is 145 Å². The second kappa shape index (κ2) is 15.4. The largest absolute Gasteiger partial charge is 0.481 e. The molecule has 0 aliphatic carbocycles. The molecule has 0 rings (SSSR count). The first-order valence-electron chi connectivity index (χ1n) is 6.45. The van der Waals surface area contributed by atoms with Gasteiger partial charge < -0.3 is 15.3 Å². The van der Waals surface area contributed by atoms with E-state index in [-0.39, 0.29) is 16.6 Å². The molecule has 0 heterocycles. The van der Waals surface area contributed by atoms with E-state index in [9.17, 15) is 19.2 Å². The number of hydrogen-bond donors (Lipinski definition) is 4. The normalized spacial score (nSPS) is 11.5. The third-order valence-electron chi connectivity index (χ3n) is 2.02. The first kappa shape index (κ1) is 26.4. The fourth-order valence-corrected chi connectivity index (χ4v) is 1.18. The number of thioether (sulfide) groups is 1. The van der Waals surface area contributed by atoms with Crippen molar-refractivity contribution in [3.63, 3.8) is 0 Å². The molecule has 2 unspecified atom stereocenters. The van der Waals surface area contributed by atoms with E-state index in [1.165, 1.54) is 13.8 Å². The van der Waals surface area contributed by atoms with Crippen molar-refractivity contribution in [3.05, 3.63) is 12.2 Å². The van der Waals surface area contributed by atoms with E-state index in [0.717, 1.165) is 11.8 Å². The molecule has 23 heavy (non-hydrogen) atoms. The number of carbonyl (C=O) groups excluding carboxylic acids is 1. The molecule has 0 aromatic heterocycles. The Morgan fingerprint density at radius 1 is 1.00 bits per heavy atom. The standard InChI is InChI=1S/C6H10O3S.C4H8O2S.C4H6O2/c1-4(6(8)9)3-10-5(2)7;1-3(2-7)4(5)6;1-3(2)4(5)6/h4H,3H2,1-2H3,(H,8,9);3,7H,2H2,1H3,(H,5,6);1H2,2H3,(H,5,6). The molecule has 0 radical (unpaired) electrons. The lowest BCUT2D eigenvalue weighted by atomic mass is 10.2. The lowest BCUT2D eigenvalue weighted by Crippen LogP contribution is -2.12. The summed E-state index contributed by atoms with van der Waals surface area (Å²) in [7, 11) is 0. The van der Waals surface area contributed by atoms with Crippen molar-refractivity contribution in [1.29, 1.82) is 0 Å². The molecule has 0 aliphatic rings. The number of carboxylic acid groups (broad SMARTS) is 3. The smallest absolute Gasteiger partial charge is 0.330 e. The number of aliphatic carboxylic acids is 3. The number of hydrogen-bond acceptors (Lipinski definition) is 6. The van der Waals surface area contributed by atoms with E-state index in [4.69, 9.17) is 15.3 Å². The van der Waals surface area contributed by atoms with Crippen molar-refractivity contribution in [2.45, 2.75) is 27.7 Å². The van der Waals surface area contributed by atoms with Crippen LogP contribution in [-0.4, -0.2) is 49.8 Å². The Morgan fingerprint density at radius 2 is 1.35 bits per heavy atom. The summed E-state index contributed by atoms with van der Waals surface area (Å²) < 4.78 is 0. The van der Waals surface area contributed by atoms with Gasteiger partial charge in [0, 0.05) is 24.0 Å². The minimum Gasteiger partial charge on any atom is -0.481 e. The highest BCUT2D eigenvalue weighted by atomic mass is 32.2. The number of rotatable bonds is 6. The van der Waals surface area contributed by atoms with Crippen LogP contribution in [0.25, 0.3) is 0 Å². The van der Waals surface area contributed by atoms with Crippen LogP contribution in [0.4, 0.5) is 0 Å². The SMILES string of the molecule is C=C(C)C(=O)O.CC(=O)SCC(C)C(=O)O.CC(CS)C(=O)O. The van der Waals surface area contributed by atoms with Gasteiger partial charge in [0.25, 0.3) is 0 Å². The summed E-state index contributed by atoms with van der Waals surface area (Å²) in [5, 5.41) is 24.4. The van der Waals surface area contributed by atoms with Gasteiger partial charge >= 0.3 is 17.9 Å². The van der Waals surface area contributed by atoms with Gasteiger partial charge in [-0.1, -0.05) is 32.2 Å². The summed E-state index contributed by atoms with van der Waals surface area (Å²) in [5.41, 5.74) is 0.176. The van der Waals surface area contributed by atoms with Gasteiger partial charge in [-0.15, -0.1) is 0 Å². The van der Waals surface area contributed by atoms with Gasteiger partial charge in [-0.25, -0.2) is 4.79 Å². The maximum Gasteiger partial charge on any atom is 0.330 e. The molecule has 0 saturated heterocycles. The monoisotopic (exact) mass is 368 g/mol. The Kier molecular flexibility index (Phi) is 17.7. The van der Waals surface area contributed by atoms with Crippen LogP contribution in [0, 0.1) is 11.8 Å². The fourth-order valence-electron chi connectivity index (χ4n) is 0.392. The zero-order valence-corrected chi connectivity index (χ0v) is 15.3. The summed E-state index contributed by atoms with van der Waals surface area (Å²) in [4.78, 5) is 40.0. The molecule has 0 amide bonds. The lowest BCUT2D eigenvalue weighted by Gasteiger charge is -2.01. The summed E-state index contributed by atoms with van der Waals surface area (Å²) in [6.45, 7) is 9.23. The van der Waals surface area contributed by atoms with Crippen molar-refractivity contribution in [3.8, 4) is 0 Å². The Morgan fingerprint density at radius 3 is 1.48 bits per heavy atom. The van der Waals surface area contributed by atoms with Gasteiger partial charge in [-0.05, 0) is 6.92 Å². The minimum absolute atomic E-state index is 0.0342. The molecule has 0 spiro atoms. The zero-order chi connectivity index (χ0) is 19.2. The molecule has 134 valence electrons. The minimum atomic E-state index is -0.935. The summed E-state index contributed by atoms with van der Waals surface area (Å²) in [5.74, 6) is -2.55. The van der Waals surface area contributed by atoms with Gasteiger partial charge in [0.15, 0.2) is 5.12 Å². The van der Waals surface area contributed by atoms with Crippen molar-refractivity contribution in [2.75, 3.05) is 11.5 Å². The van der Waals surface area contributed by atoms with Crippen molar-refractivity contribution < 1.29 is 34.5 Å². The summed E-state index contributed by atoms with van der Waals surface area (Å²) in [6.07, 6.45) is 0. The molecule has 0 saturated carbocycles. The fraction of sp³-hybridized carbons (Fsp3) is 0.571. The summed E-state index contributed by atoms with van der Waals surface area (Å²) in [6, 6.07) is 0. The average Bonchev–Trinajstić information content (AvgIpc) is 2.44. The molecule has 0 fully saturated rings. The van der Waals surface area contributed by atoms with Crippen LogP contribution in [0.2, 0.25) is 0 Å². The van der Waals surface area contributed by atoms with Crippen molar-refractivity contribution >= 4 is 47.4 Å². The highest BCUT2D eigenvalue weighted by Crippen LogP contribution is 2.08. The molecule has 7 nitrogen and oxygen atoms in total. The molecule has 0 aromatic rings. The molecule has 9 heteroatoms. The molecule has 0 aliphatic heterocycles. The molecular weight excluding hydrogens is 344 g/mol. The first-order chi connectivity index (χ1) is 10.4. The van der Waals surface area contributed by atoms with E-state index in [1.807, 2.05) is 0 Å². The summed E-state index contributed by atoms with van der Waals surface area (Å²) >= 11 is 4.82. The molecule has 2 atom stereocenters. The van der Waals surface area contributed by atoms with E-state index in [0.29, 0.717) is 11.5 Å². The van der Waals surface area contributed by atoms with Gasteiger partial charge in [-0.3, -0.25) is 14.4 Å². The topological polar surface area (TPSA) is 129 Å². The van der Waals surface area contributed by atoms with Crippen LogP contribution >= 0.6 is 24.4 Å². The predicted molar refractivity (Wildman–Crippen MR) is 93.0 cm³/mol. The van der Waals surface area contributed by atoms with E-state index < -0.39 is 23.8 Å². The van der Waals surface area contributed by atoms with Crippen molar-refractivity contribution in [2.24, 2.45) is 11.8 Å². The number of thiol groups is 1. The molecule has 0 bridgehead atoms. The van der Waals surface area contributed by atoms with Crippen LogP contribution in [0.5, 0.6) is 0 Å². The molecular formula is C14H24O7S2. The van der Waals surface area contributed by atoms with E-state index in [1.54, 1.807) is 13.8 Å². The van der Waals surface area contributed by atoms with E-state index in [2.05, 4.69) is 19.2 Å². The highest BCUT2D eigenvalue weighted by Gasteiger charge is 2.11. The van der Waals surface area contributed by atoms with Crippen molar-refractivity contribution in [1.82, 2.24) is 0 Å². The molecule has 0 aromatic carbocycles. The van der Waals surface area contributed by atoms with Gasteiger partial charge in [0.05, 0.1) is 11.8 Å². The third kappa shape index (κ3) is 22.9. The van der Waals surface area contributed by atoms with Crippen LogP contribution in [0.1, 0.15) is 27.7 Å². The zero-order valence-electron chi connectivity index (χ0n) is 13.6. The molecule has 3 N–H and O–H groups in total. The van der Waals surface area contributed by atoms with Crippen LogP contribution < -0.4 is 0 Å². The number of carbonyl (C=O) groups is 4. The maximum atomic E-state index is 10.3. The third-order valence-corrected chi connectivity index (χ3v) is 3.64. The van der Waals surface area contributed by atoms with Gasteiger partial charge in [0.2, 0.25) is 0 Å².